The highest BCUT2D eigenvalue weighted by molar-refractivity contribution is 6.30. The van der Waals surface area contributed by atoms with Crippen molar-refractivity contribution in [3.05, 3.63) is 52.3 Å². The van der Waals surface area contributed by atoms with Gasteiger partial charge in [-0.3, -0.25) is 4.79 Å². The number of amides is 1. The number of rotatable bonds is 5. The molecule has 1 heterocycles. The van der Waals surface area contributed by atoms with Gasteiger partial charge in [0.15, 0.2) is 6.61 Å². The van der Waals surface area contributed by atoms with E-state index in [1.54, 1.807) is 30.3 Å². The maximum absolute atomic E-state index is 12.1. The molecule has 1 aromatic carbocycles. The number of nitrogens with zero attached hydrogens (tertiary/aromatic N) is 1. The molecule has 0 bridgehead atoms. The first-order valence-corrected chi connectivity index (χ1v) is 7.69. The van der Waals surface area contributed by atoms with Crippen LogP contribution in [0.15, 0.2) is 30.3 Å². The van der Waals surface area contributed by atoms with Crippen LogP contribution in [0.3, 0.4) is 0 Å². The number of aromatic nitrogens is 1. The van der Waals surface area contributed by atoms with Gasteiger partial charge in [0.05, 0.1) is 5.56 Å². The number of halogens is 1. The lowest BCUT2D eigenvalue weighted by molar-refractivity contribution is -0.119. The van der Waals surface area contributed by atoms with E-state index in [2.05, 4.69) is 5.32 Å². The molecule has 0 saturated carbocycles. The minimum absolute atomic E-state index is 0.346. The predicted octanol–water partition coefficient (Wildman–Crippen LogP) is 3.57. The summed E-state index contributed by atoms with van der Waals surface area (Å²) in [6.07, 6.45) is 0. The van der Waals surface area contributed by atoms with E-state index in [1.165, 1.54) is 0 Å². The van der Waals surface area contributed by atoms with Gasteiger partial charge in [0.25, 0.3) is 5.91 Å². The Morgan fingerprint density at radius 2 is 2.00 bits per heavy atom. The second-order valence-corrected chi connectivity index (χ2v) is 5.60. The molecule has 23 heavy (non-hydrogen) atoms. The minimum Gasteiger partial charge on any atom is -0.452 e. The Bertz CT molecular complexity index is 737. The molecule has 0 aliphatic heterocycles. The fourth-order valence-corrected chi connectivity index (χ4v) is 2.66. The van der Waals surface area contributed by atoms with Gasteiger partial charge in [-0.15, -0.1) is 0 Å². The maximum atomic E-state index is 12.1. The Hall–Kier alpha value is -2.27. The Morgan fingerprint density at radius 1 is 1.26 bits per heavy atom. The third kappa shape index (κ3) is 4.13. The molecule has 0 radical (unpaired) electrons. The normalized spacial score (nSPS) is 10.4. The van der Waals surface area contributed by atoms with E-state index in [-0.39, 0.29) is 6.61 Å². The van der Waals surface area contributed by atoms with Crippen LogP contribution in [0, 0.1) is 13.8 Å². The molecule has 6 heteroatoms. The number of esters is 1. The molecule has 0 atom stereocenters. The molecule has 2 rings (SSSR count). The summed E-state index contributed by atoms with van der Waals surface area (Å²) in [5.74, 6) is -0.913. The second-order valence-electron chi connectivity index (χ2n) is 5.16. The molecule has 5 nitrogen and oxygen atoms in total. The monoisotopic (exact) mass is 334 g/mol. The van der Waals surface area contributed by atoms with Crippen LogP contribution in [0.2, 0.25) is 5.02 Å². The maximum Gasteiger partial charge on any atom is 0.340 e. The molecule has 2 aromatic rings. The van der Waals surface area contributed by atoms with Gasteiger partial charge < -0.3 is 14.6 Å². The summed E-state index contributed by atoms with van der Waals surface area (Å²) in [5, 5.41) is 3.15. The molecule has 1 N–H and O–H groups in total. The quantitative estimate of drug-likeness (QED) is 0.850. The zero-order valence-corrected chi connectivity index (χ0v) is 14.1. The SMILES string of the molecule is CCn1c(C)cc(C(=O)OCC(=O)Nc2cccc(Cl)c2)c1C. The number of carbonyl (C=O) groups excluding carboxylic acids is 2. The number of benzene rings is 1. The molecule has 1 amide bonds. The minimum atomic E-state index is -0.501. The van der Waals surface area contributed by atoms with Crippen LogP contribution < -0.4 is 5.32 Å². The lowest BCUT2D eigenvalue weighted by Crippen LogP contribution is -2.21. The van der Waals surface area contributed by atoms with Crippen molar-refractivity contribution in [2.24, 2.45) is 0 Å². The van der Waals surface area contributed by atoms with E-state index in [9.17, 15) is 9.59 Å². The van der Waals surface area contributed by atoms with Crippen molar-refractivity contribution >= 4 is 29.2 Å². The van der Waals surface area contributed by atoms with Crippen molar-refractivity contribution in [1.82, 2.24) is 4.57 Å². The average molecular weight is 335 g/mol. The fourth-order valence-electron chi connectivity index (χ4n) is 2.47. The summed E-state index contributed by atoms with van der Waals surface area (Å²) >= 11 is 5.85. The number of ether oxygens (including phenoxy) is 1. The van der Waals surface area contributed by atoms with Crippen LogP contribution in [-0.4, -0.2) is 23.1 Å². The van der Waals surface area contributed by atoms with Gasteiger partial charge in [0, 0.05) is 28.6 Å². The largest absolute Gasteiger partial charge is 0.452 e. The number of carbonyl (C=O) groups is 2. The van der Waals surface area contributed by atoms with Crippen LogP contribution in [0.5, 0.6) is 0 Å². The van der Waals surface area contributed by atoms with Gasteiger partial charge in [-0.2, -0.15) is 0 Å². The fraction of sp³-hybridized carbons (Fsp3) is 0.294. The van der Waals surface area contributed by atoms with Gasteiger partial charge in [0.1, 0.15) is 0 Å². The van der Waals surface area contributed by atoms with Gasteiger partial charge >= 0.3 is 5.97 Å². The third-order valence-electron chi connectivity index (χ3n) is 3.55. The Morgan fingerprint density at radius 3 is 2.61 bits per heavy atom. The first-order valence-electron chi connectivity index (χ1n) is 7.31. The Kier molecular flexibility index (Phi) is 5.45. The zero-order valence-electron chi connectivity index (χ0n) is 13.4. The number of aryl methyl sites for hydroxylation is 1. The molecule has 0 unspecified atom stereocenters. The van der Waals surface area contributed by atoms with E-state index in [0.717, 1.165) is 17.9 Å². The van der Waals surface area contributed by atoms with Crippen LogP contribution in [-0.2, 0) is 16.1 Å². The number of hydrogen-bond acceptors (Lipinski definition) is 3. The standard InChI is InChI=1S/C17H19ClN2O3/c1-4-20-11(2)8-15(12(20)3)17(22)23-10-16(21)19-14-7-5-6-13(18)9-14/h5-9H,4,10H2,1-3H3,(H,19,21). The number of anilines is 1. The van der Waals surface area contributed by atoms with Crippen LogP contribution in [0.1, 0.15) is 28.7 Å². The summed E-state index contributed by atoms with van der Waals surface area (Å²) in [7, 11) is 0. The second kappa shape index (κ2) is 7.33. The van der Waals surface area contributed by atoms with Gasteiger partial charge in [-0.1, -0.05) is 17.7 Å². The van der Waals surface area contributed by atoms with E-state index in [4.69, 9.17) is 16.3 Å². The third-order valence-corrected chi connectivity index (χ3v) is 3.79. The highest BCUT2D eigenvalue weighted by Gasteiger charge is 2.17. The van der Waals surface area contributed by atoms with Gasteiger partial charge in [0.2, 0.25) is 0 Å². The highest BCUT2D eigenvalue weighted by Crippen LogP contribution is 2.17. The molecular weight excluding hydrogens is 316 g/mol. The molecule has 1 aromatic heterocycles. The molecule has 0 fully saturated rings. The molecule has 0 spiro atoms. The molecule has 0 aliphatic rings. The lowest BCUT2D eigenvalue weighted by Gasteiger charge is -2.08. The van der Waals surface area contributed by atoms with Gasteiger partial charge in [-0.05, 0) is 45.0 Å². The topological polar surface area (TPSA) is 60.3 Å². The van der Waals surface area contributed by atoms with Crippen LogP contribution >= 0.6 is 11.6 Å². The average Bonchev–Trinajstić information content (AvgIpc) is 2.79. The first kappa shape index (κ1) is 17.1. The number of nitrogens with one attached hydrogen (secondary N) is 1. The van der Waals surface area contributed by atoms with Crippen LogP contribution in [0.4, 0.5) is 5.69 Å². The summed E-state index contributed by atoms with van der Waals surface area (Å²) in [6, 6.07) is 8.54. The van der Waals surface area contributed by atoms with Crippen molar-refractivity contribution in [1.29, 1.82) is 0 Å². The number of hydrogen-bond donors (Lipinski definition) is 1. The first-order chi connectivity index (χ1) is 10.9. The van der Waals surface area contributed by atoms with Gasteiger partial charge in [-0.25, -0.2) is 4.79 Å². The molecule has 0 saturated heterocycles. The predicted molar refractivity (Wildman–Crippen MR) is 89.9 cm³/mol. The van der Waals surface area contributed by atoms with Crippen molar-refractivity contribution < 1.29 is 14.3 Å². The summed E-state index contributed by atoms with van der Waals surface area (Å²) in [6.45, 7) is 6.23. The summed E-state index contributed by atoms with van der Waals surface area (Å²) < 4.78 is 7.11. The van der Waals surface area contributed by atoms with E-state index in [0.29, 0.717) is 16.3 Å². The Balaban J connectivity index is 1.95. The van der Waals surface area contributed by atoms with E-state index < -0.39 is 11.9 Å². The Labute approximate surface area is 140 Å². The van der Waals surface area contributed by atoms with E-state index >= 15 is 0 Å². The molecule has 122 valence electrons. The molecule has 0 aliphatic carbocycles. The zero-order chi connectivity index (χ0) is 17.0. The lowest BCUT2D eigenvalue weighted by atomic mass is 10.2. The summed E-state index contributed by atoms with van der Waals surface area (Å²) in [4.78, 5) is 24.0. The smallest absolute Gasteiger partial charge is 0.340 e. The molecular formula is C17H19ClN2O3. The highest BCUT2D eigenvalue weighted by atomic mass is 35.5. The summed E-state index contributed by atoms with van der Waals surface area (Å²) in [5.41, 5.74) is 2.87. The van der Waals surface area contributed by atoms with Crippen molar-refractivity contribution in [2.45, 2.75) is 27.3 Å². The van der Waals surface area contributed by atoms with Crippen molar-refractivity contribution in [3.8, 4) is 0 Å². The van der Waals surface area contributed by atoms with E-state index in [1.807, 2.05) is 25.3 Å². The van der Waals surface area contributed by atoms with Crippen molar-refractivity contribution in [3.63, 3.8) is 0 Å². The van der Waals surface area contributed by atoms with Crippen molar-refractivity contribution in [2.75, 3.05) is 11.9 Å². The van der Waals surface area contributed by atoms with Crippen LogP contribution in [0.25, 0.3) is 0 Å².